The van der Waals surface area contributed by atoms with Crippen LogP contribution in [0.2, 0.25) is 10.0 Å². The average Bonchev–Trinajstić information content (AvgIpc) is 2.81. The molecule has 3 rings (SSSR count). The summed E-state index contributed by atoms with van der Waals surface area (Å²) in [5.41, 5.74) is 1.39. The first-order valence-corrected chi connectivity index (χ1v) is 7.26. The van der Waals surface area contributed by atoms with Gasteiger partial charge in [0.2, 0.25) is 5.65 Å². The Labute approximate surface area is 134 Å². The molecule has 22 heavy (non-hydrogen) atoms. The third kappa shape index (κ3) is 2.15. The second-order valence-electron chi connectivity index (χ2n) is 4.66. The van der Waals surface area contributed by atoms with E-state index in [1.165, 1.54) is 0 Å². The van der Waals surface area contributed by atoms with Crippen molar-refractivity contribution in [2.24, 2.45) is 0 Å². The van der Waals surface area contributed by atoms with Crippen molar-refractivity contribution in [3.05, 3.63) is 43.9 Å². The second kappa shape index (κ2) is 5.30. The minimum atomic E-state index is -0.573. The zero-order valence-electron chi connectivity index (χ0n) is 11.7. The molecular formula is C14H11Cl2N3O3. The van der Waals surface area contributed by atoms with E-state index in [4.69, 9.17) is 27.9 Å². The summed E-state index contributed by atoms with van der Waals surface area (Å²) in [6.07, 6.45) is 0. The average molecular weight is 340 g/mol. The molecule has 0 unspecified atom stereocenters. The van der Waals surface area contributed by atoms with Crippen molar-refractivity contribution in [1.29, 1.82) is 0 Å². The molecule has 1 N–H and O–H groups in total. The van der Waals surface area contributed by atoms with Crippen molar-refractivity contribution in [2.75, 3.05) is 6.61 Å². The maximum Gasteiger partial charge on any atom is 0.358 e. The van der Waals surface area contributed by atoms with Crippen LogP contribution in [0.3, 0.4) is 0 Å². The summed E-state index contributed by atoms with van der Waals surface area (Å²) >= 11 is 12.0. The van der Waals surface area contributed by atoms with Crippen molar-refractivity contribution in [2.45, 2.75) is 13.8 Å². The zero-order valence-corrected chi connectivity index (χ0v) is 13.2. The van der Waals surface area contributed by atoms with Gasteiger partial charge >= 0.3 is 5.97 Å². The molecule has 8 heteroatoms. The van der Waals surface area contributed by atoms with Gasteiger partial charge in [-0.15, -0.1) is 0 Å². The van der Waals surface area contributed by atoms with E-state index >= 15 is 0 Å². The molecular weight excluding hydrogens is 329 g/mol. The SMILES string of the molecule is CCOC(=O)c1nc2c(=O)[nH]c3cc(Cl)c(Cl)cc3n2c1C. The van der Waals surface area contributed by atoms with Gasteiger partial charge in [0.05, 0.1) is 33.4 Å². The summed E-state index contributed by atoms with van der Waals surface area (Å²) in [4.78, 5) is 30.9. The number of aromatic amines is 1. The standard InChI is InChI=1S/C14H11Cl2N3O3/c1-3-22-14(21)11-6(2)19-10-5-8(16)7(15)4-9(10)17-13(20)12(19)18-11/h4-5H,3H2,1-2H3,(H,17,20). The minimum absolute atomic E-state index is 0.103. The Morgan fingerprint density at radius 1 is 1.36 bits per heavy atom. The first kappa shape index (κ1) is 14.9. The summed E-state index contributed by atoms with van der Waals surface area (Å²) in [5, 5.41) is 0.667. The van der Waals surface area contributed by atoms with Gasteiger partial charge in [0.1, 0.15) is 0 Å². The van der Waals surface area contributed by atoms with Gasteiger partial charge in [-0.3, -0.25) is 9.20 Å². The molecule has 0 aliphatic carbocycles. The van der Waals surface area contributed by atoms with Gasteiger partial charge in [-0.1, -0.05) is 23.2 Å². The van der Waals surface area contributed by atoms with Gasteiger partial charge in [-0.05, 0) is 26.0 Å². The molecule has 0 atom stereocenters. The van der Waals surface area contributed by atoms with Crippen LogP contribution >= 0.6 is 23.2 Å². The number of aromatic nitrogens is 3. The van der Waals surface area contributed by atoms with E-state index in [1.807, 2.05) is 0 Å². The molecule has 0 saturated heterocycles. The molecule has 0 aliphatic heterocycles. The number of hydrogen-bond donors (Lipinski definition) is 1. The lowest BCUT2D eigenvalue weighted by Gasteiger charge is -2.05. The van der Waals surface area contributed by atoms with Gasteiger partial charge in [0, 0.05) is 0 Å². The molecule has 2 heterocycles. The first-order valence-electron chi connectivity index (χ1n) is 6.51. The normalized spacial score (nSPS) is 11.3. The molecule has 0 radical (unpaired) electrons. The summed E-state index contributed by atoms with van der Waals surface area (Å²) in [5.74, 6) is -0.573. The van der Waals surface area contributed by atoms with E-state index in [0.717, 1.165) is 0 Å². The Bertz CT molecular complexity index is 975. The van der Waals surface area contributed by atoms with Crippen LogP contribution in [0, 0.1) is 6.92 Å². The number of fused-ring (bicyclic) bond motifs is 3. The number of imidazole rings is 1. The number of nitrogens with one attached hydrogen (secondary N) is 1. The Hall–Kier alpha value is -2.05. The van der Waals surface area contributed by atoms with Crippen LogP contribution in [0.25, 0.3) is 16.7 Å². The summed E-state index contributed by atoms with van der Waals surface area (Å²) < 4.78 is 6.53. The fourth-order valence-corrected chi connectivity index (χ4v) is 2.66. The number of H-pyrrole nitrogens is 1. The zero-order chi connectivity index (χ0) is 16.0. The Morgan fingerprint density at radius 2 is 2.05 bits per heavy atom. The van der Waals surface area contributed by atoms with Gasteiger partial charge in [0.25, 0.3) is 5.56 Å². The van der Waals surface area contributed by atoms with Crippen LogP contribution in [0.1, 0.15) is 23.1 Å². The van der Waals surface area contributed by atoms with Crippen molar-refractivity contribution in [3.8, 4) is 0 Å². The Balaban J connectivity index is 2.44. The van der Waals surface area contributed by atoms with Crippen molar-refractivity contribution >= 4 is 45.9 Å². The maximum absolute atomic E-state index is 12.2. The van der Waals surface area contributed by atoms with E-state index in [1.54, 1.807) is 30.4 Å². The van der Waals surface area contributed by atoms with Crippen LogP contribution < -0.4 is 5.56 Å². The minimum Gasteiger partial charge on any atom is -0.461 e. The summed E-state index contributed by atoms with van der Waals surface area (Å²) in [6, 6.07) is 3.18. The van der Waals surface area contributed by atoms with Gasteiger partial charge in [-0.2, -0.15) is 0 Å². The quantitative estimate of drug-likeness (QED) is 0.728. The topological polar surface area (TPSA) is 76.5 Å². The number of rotatable bonds is 2. The van der Waals surface area contributed by atoms with Crippen LogP contribution in [0.5, 0.6) is 0 Å². The highest BCUT2D eigenvalue weighted by molar-refractivity contribution is 6.42. The van der Waals surface area contributed by atoms with Crippen LogP contribution in [-0.2, 0) is 4.74 Å². The van der Waals surface area contributed by atoms with Crippen molar-refractivity contribution in [3.63, 3.8) is 0 Å². The van der Waals surface area contributed by atoms with E-state index < -0.39 is 11.5 Å². The van der Waals surface area contributed by atoms with Crippen molar-refractivity contribution < 1.29 is 9.53 Å². The van der Waals surface area contributed by atoms with E-state index in [9.17, 15) is 9.59 Å². The highest BCUT2D eigenvalue weighted by Gasteiger charge is 2.20. The molecule has 0 aliphatic rings. The largest absolute Gasteiger partial charge is 0.461 e. The molecule has 0 amide bonds. The maximum atomic E-state index is 12.2. The highest BCUT2D eigenvalue weighted by atomic mass is 35.5. The number of halogens is 2. The van der Waals surface area contributed by atoms with Gasteiger partial charge in [-0.25, -0.2) is 9.78 Å². The lowest BCUT2D eigenvalue weighted by atomic mass is 10.3. The number of aryl methyl sites for hydroxylation is 1. The molecule has 3 aromatic rings. The van der Waals surface area contributed by atoms with Gasteiger partial charge < -0.3 is 9.72 Å². The van der Waals surface area contributed by atoms with Crippen LogP contribution in [-0.4, -0.2) is 26.9 Å². The van der Waals surface area contributed by atoms with E-state index in [2.05, 4.69) is 9.97 Å². The molecule has 0 saturated carbocycles. The second-order valence-corrected chi connectivity index (χ2v) is 5.48. The first-order chi connectivity index (χ1) is 10.4. The molecule has 0 bridgehead atoms. The number of nitrogens with zero attached hydrogens (tertiary/aromatic N) is 2. The molecule has 1 aromatic carbocycles. The van der Waals surface area contributed by atoms with Crippen LogP contribution in [0.4, 0.5) is 0 Å². The third-order valence-electron chi connectivity index (χ3n) is 3.31. The lowest BCUT2D eigenvalue weighted by molar-refractivity contribution is 0.0519. The lowest BCUT2D eigenvalue weighted by Crippen LogP contribution is -2.11. The number of carbonyl (C=O) groups is 1. The highest BCUT2D eigenvalue weighted by Crippen LogP contribution is 2.27. The molecule has 0 spiro atoms. The van der Waals surface area contributed by atoms with Crippen LogP contribution in [0.15, 0.2) is 16.9 Å². The number of esters is 1. The predicted octanol–water partition coefficient (Wildman–Crippen LogP) is 2.97. The number of benzene rings is 1. The molecule has 114 valence electrons. The number of hydrogen-bond acceptors (Lipinski definition) is 4. The monoisotopic (exact) mass is 339 g/mol. The fraction of sp³-hybridized carbons (Fsp3) is 0.214. The summed E-state index contributed by atoms with van der Waals surface area (Å²) in [7, 11) is 0. The van der Waals surface area contributed by atoms with Crippen molar-refractivity contribution in [1.82, 2.24) is 14.4 Å². The van der Waals surface area contributed by atoms with E-state index in [0.29, 0.717) is 26.8 Å². The number of carbonyl (C=O) groups excluding carboxylic acids is 1. The Morgan fingerprint density at radius 3 is 2.73 bits per heavy atom. The smallest absolute Gasteiger partial charge is 0.358 e. The van der Waals surface area contributed by atoms with Gasteiger partial charge in [0.15, 0.2) is 5.69 Å². The molecule has 0 fully saturated rings. The molecule has 6 nitrogen and oxygen atoms in total. The Kier molecular flexibility index (Phi) is 3.58. The third-order valence-corrected chi connectivity index (χ3v) is 4.03. The predicted molar refractivity (Wildman–Crippen MR) is 84.0 cm³/mol. The van der Waals surface area contributed by atoms with E-state index in [-0.39, 0.29) is 17.9 Å². The number of ether oxygens (including phenoxy) is 1. The molecule has 2 aromatic heterocycles. The fourth-order valence-electron chi connectivity index (χ4n) is 2.34. The summed E-state index contributed by atoms with van der Waals surface area (Å²) in [6.45, 7) is 3.62.